The highest BCUT2D eigenvalue weighted by atomic mass is 14.9. The van der Waals surface area contributed by atoms with Crippen LogP contribution < -0.4 is 11.1 Å². The van der Waals surface area contributed by atoms with Crippen molar-refractivity contribution in [3.63, 3.8) is 0 Å². The van der Waals surface area contributed by atoms with Gasteiger partial charge in [0.25, 0.3) is 0 Å². The minimum Gasteiger partial charge on any atom is -0.327 e. The first-order chi connectivity index (χ1) is 11.3. The van der Waals surface area contributed by atoms with Crippen molar-refractivity contribution in [2.75, 3.05) is 13.6 Å². The molecule has 0 saturated heterocycles. The van der Waals surface area contributed by atoms with Crippen LogP contribution >= 0.6 is 0 Å². The van der Waals surface area contributed by atoms with Gasteiger partial charge in [-0.3, -0.25) is 0 Å². The number of likely N-dealkylation sites (N-methyl/N-ethyl adjacent to an activating group) is 1. The highest BCUT2D eigenvalue weighted by Crippen LogP contribution is 2.58. The molecule has 0 spiro atoms. The third-order valence-electron chi connectivity index (χ3n) is 7.19. The van der Waals surface area contributed by atoms with Crippen molar-refractivity contribution in [1.29, 1.82) is 0 Å². The Bertz CT molecular complexity index is 530. The van der Waals surface area contributed by atoms with Gasteiger partial charge in [-0.15, -0.1) is 0 Å². The normalized spacial score (nSPS) is 42.2. The smallest absolute Gasteiger partial charge is 0.0329 e. The number of hydrogen-bond acceptors (Lipinski definition) is 2. The van der Waals surface area contributed by atoms with Gasteiger partial charge >= 0.3 is 0 Å². The summed E-state index contributed by atoms with van der Waals surface area (Å²) in [6, 6.07) is 0.456. The second-order valence-electron chi connectivity index (χ2n) is 8.35. The van der Waals surface area contributed by atoms with E-state index in [2.05, 4.69) is 36.7 Å². The Morgan fingerprint density at radius 1 is 1.17 bits per heavy atom. The molecule has 0 amide bonds. The molecule has 2 heteroatoms. The van der Waals surface area contributed by atoms with Gasteiger partial charge in [-0.1, -0.05) is 29.9 Å². The van der Waals surface area contributed by atoms with Gasteiger partial charge in [0.2, 0.25) is 0 Å². The van der Waals surface area contributed by atoms with E-state index in [1.165, 1.54) is 44.1 Å². The molecule has 4 aliphatic carbocycles. The lowest BCUT2D eigenvalue weighted by molar-refractivity contribution is -0.0532. The number of nitrogens with two attached hydrogens (primary N) is 1. The van der Waals surface area contributed by atoms with Crippen molar-refractivity contribution in [2.45, 2.75) is 51.0 Å². The van der Waals surface area contributed by atoms with Crippen LogP contribution in [0.1, 0.15) is 44.9 Å². The molecule has 0 aromatic heterocycles. The fourth-order valence-corrected chi connectivity index (χ4v) is 5.58. The minimum atomic E-state index is 0.456. The van der Waals surface area contributed by atoms with E-state index in [0.29, 0.717) is 12.6 Å². The molecule has 2 nitrogen and oxygen atoms in total. The molecule has 0 radical (unpaired) electrons. The van der Waals surface area contributed by atoms with Crippen molar-refractivity contribution in [3.05, 3.63) is 35.5 Å². The van der Waals surface area contributed by atoms with Crippen LogP contribution in [-0.4, -0.2) is 19.6 Å². The molecule has 126 valence electrons. The highest BCUT2D eigenvalue weighted by Gasteiger charge is 2.49. The predicted octanol–water partition coefficient (Wildman–Crippen LogP) is 3.81. The van der Waals surface area contributed by atoms with Gasteiger partial charge in [-0.05, 0) is 87.2 Å². The van der Waals surface area contributed by atoms with E-state index in [0.717, 1.165) is 36.0 Å². The molecule has 2 fully saturated rings. The van der Waals surface area contributed by atoms with Gasteiger partial charge in [0.1, 0.15) is 0 Å². The van der Waals surface area contributed by atoms with E-state index in [1.54, 1.807) is 5.57 Å². The molecule has 6 atom stereocenters. The Hall–Kier alpha value is -0.860. The van der Waals surface area contributed by atoms with Crippen LogP contribution in [0.4, 0.5) is 0 Å². The van der Waals surface area contributed by atoms with Crippen LogP contribution in [0.3, 0.4) is 0 Å². The molecule has 2 saturated carbocycles. The summed E-state index contributed by atoms with van der Waals surface area (Å²) in [6.45, 7) is 0.674. The summed E-state index contributed by atoms with van der Waals surface area (Å²) >= 11 is 0. The second kappa shape index (κ2) is 6.57. The van der Waals surface area contributed by atoms with Crippen molar-refractivity contribution in [1.82, 2.24) is 5.32 Å². The van der Waals surface area contributed by atoms with Crippen LogP contribution in [-0.2, 0) is 0 Å². The van der Waals surface area contributed by atoms with Gasteiger partial charge in [0.15, 0.2) is 0 Å². The maximum atomic E-state index is 5.86. The number of nitrogens with one attached hydrogen (secondary N) is 1. The monoisotopic (exact) mass is 312 g/mol. The summed E-state index contributed by atoms with van der Waals surface area (Å²) in [5.41, 5.74) is 8.83. The van der Waals surface area contributed by atoms with Gasteiger partial charge in [0.05, 0.1) is 0 Å². The second-order valence-corrected chi connectivity index (χ2v) is 8.35. The average Bonchev–Trinajstić information content (AvgIpc) is 2.57. The van der Waals surface area contributed by atoms with Crippen molar-refractivity contribution in [3.8, 4) is 0 Å². The molecule has 3 N–H and O–H groups in total. The Kier molecular flexibility index (Phi) is 4.47. The van der Waals surface area contributed by atoms with Crippen LogP contribution in [0.2, 0.25) is 0 Å². The van der Waals surface area contributed by atoms with E-state index < -0.39 is 0 Å². The molecule has 6 unspecified atom stereocenters. The Morgan fingerprint density at radius 2 is 2.09 bits per heavy atom. The van der Waals surface area contributed by atoms with Gasteiger partial charge in [0, 0.05) is 12.6 Å². The maximum absolute atomic E-state index is 5.86. The summed E-state index contributed by atoms with van der Waals surface area (Å²) < 4.78 is 0. The summed E-state index contributed by atoms with van der Waals surface area (Å²) in [6.07, 6.45) is 19.4. The Balaban J connectivity index is 1.35. The first kappa shape index (κ1) is 15.7. The molecule has 0 heterocycles. The molecule has 0 aromatic carbocycles. The Morgan fingerprint density at radius 3 is 2.74 bits per heavy atom. The van der Waals surface area contributed by atoms with Crippen LogP contribution in [0.5, 0.6) is 0 Å². The van der Waals surface area contributed by atoms with E-state index >= 15 is 0 Å². The van der Waals surface area contributed by atoms with Crippen LogP contribution in [0.15, 0.2) is 35.5 Å². The quantitative estimate of drug-likeness (QED) is 0.758. The van der Waals surface area contributed by atoms with Crippen LogP contribution in [0.25, 0.3) is 0 Å². The molecule has 0 aliphatic heterocycles. The standard InChI is InChI=1S/C21H32N2/c1-23-21-11-15(5-6-18(21)13-22)9-14-3-2-4-16(10-14)20-12-17-7-8-19(17)20/h2,4-6,14,16-17,19-21,23H,3,7-13,22H2,1H3. The molecular formula is C21H32N2. The van der Waals surface area contributed by atoms with Crippen molar-refractivity contribution < 1.29 is 0 Å². The lowest BCUT2D eigenvalue weighted by atomic mass is 9.49. The van der Waals surface area contributed by atoms with E-state index in [-0.39, 0.29) is 0 Å². The summed E-state index contributed by atoms with van der Waals surface area (Å²) in [4.78, 5) is 0. The van der Waals surface area contributed by atoms with Gasteiger partial charge in [-0.2, -0.15) is 0 Å². The first-order valence-electron chi connectivity index (χ1n) is 9.71. The SMILES string of the molecule is CNC1CC(CC2CC=CC(C3CC4CCC43)C2)=CC=C1CN. The van der Waals surface area contributed by atoms with Gasteiger partial charge in [-0.25, -0.2) is 0 Å². The van der Waals surface area contributed by atoms with E-state index in [4.69, 9.17) is 5.73 Å². The molecule has 0 bridgehead atoms. The predicted molar refractivity (Wildman–Crippen MR) is 97.0 cm³/mol. The third-order valence-corrected chi connectivity index (χ3v) is 7.19. The molecule has 0 aromatic rings. The average molecular weight is 313 g/mol. The summed E-state index contributed by atoms with van der Waals surface area (Å²) in [5, 5.41) is 3.43. The topological polar surface area (TPSA) is 38.0 Å². The van der Waals surface area contributed by atoms with E-state index in [9.17, 15) is 0 Å². The molecular weight excluding hydrogens is 280 g/mol. The van der Waals surface area contributed by atoms with Crippen LogP contribution in [0, 0.1) is 29.6 Å². The largest absolute Gasteiger partial charge is 0.327 e. The lowest BCUT2D eigenvalue weighted by Gasteiger charge is -2.56. The Labute approximate surface area is 141 Å². The zero-order valence-corrected chi connectivity index (χ0v) is 14.5. The number of hydrogen-bond donors (Lipinski definition) is 2. The molecule has 4 rings (SSSR count). The number of fused-ring (bicyclic) bond motifs is 1. The molecule has 4 aliphatic rings. The first-order valence-corrected chi connectivity index (χ1v) is 9.71. The number of rotatable bonds is 5. The number of allylic oxidation sites excluding steroid dienone is 4. The summed E-state index contributed by atoms with van der Waals surface area (Å²) in [7, 11) is 2.06. The molecule has 23 heavy (non-hydrogen) atoms. The zero-order valence-electron chi connectivity index (χ0n) is 14.5. The highest BCUT2D eigenvalue weighted by molar-refractivity contribution is 5.30. The van der Waals surface area contributed by atoms with Gasteiger partial charge < -0.3 is 11.1 Å². The van der Waals surface area contributed by atoms with Crippen molar-refractivity contribution in [2.24, 2.45) is 35.3 Å². The third kappa shape index (κ3) is 2.96. The minimum absolute atomic E-state index is 0.456. The summed E-state index contributed by atoms with van der Waals surface area (Å²) in [5.74, 6) is 4.99. The lowest BCUT2D eigenvalue weighted by Crippen LogP contribution is -2.47. The fourth-order valence-electron chi connectivity index (χ4n) is 5.58. The van der Waals surface area contributed by atoms with Crippen molar-refractivity contribution >= 4 is 0 Å². The fraction of sp³-hybridized carbons (Fsp3) is 0.714. The van der Waals surface area contributed by atoms with E-state index in [1.807, 2.05) is 0 Å². The maximum Gasteiger partial charge on any atom is 0.0329 e. The zero-order chi connectivity index (χ0) is 15.8.